The predicted octanol–water partition coefficient (Wildman–Crippen LogP) is 11.7. The van der Waals surface area contributed by atoms with E-state index in [0.29, 0.717) is 32.0 Å². The van der Waals surface area contributed by atoms with Crippen molar-refractivity contribution in [2.45, 2.75) is 203 Å². The van der Waals surface area contributed by atoms with E-state index >= 15 is 0 Å². The van der Waals surface area contributed by atoms with Crippen LogP contribution in [0, 0.1) is 5.92 Å². The van der Waals surface area contributed by atoms with Gasteiger partial charge in [-0.15, -0.1) is 0 Å². The Kier molecular flexibility index (Phi) is 66.0. The third kappa shape index (κ3) is 53.9. The molecule has 0 bridgehead atoms. The highest BCUT2D eigenvalue weighted by atomic mass is 32.2. The molecular weight excluding hydrogens is 566 g/mol. The standard InChI is InChI=1S/C20H39NO3S.C12H26O.3C2H6/c1-2-3-4-5-6-7-8-9-10-11-12-15-24-20(23)14-17-25-16-13-19(21)18-22;1-3-5-6-7-8-9-10-12(4-2)11-13;3*1-2/h18-19H,2-17,21H2,1H3;12-13H,3-11H2,1-2H3;3*1-2H3. The van der Waals surface area contributed by atoms with Gasteiger partial charge >= 0.3 is 5.97 Å². The van der Waals surface area contributed by atoms with Gasteiger partial charge in [0.1, 0.15) is 6.29 Å². The first-order valence-corrected chi connectivity index (χ1v) is 20.3. The summed E-state index contributed by atoms with van der Waals surface area (Å²) in [4.78, 5) is 21.9. The number of aliphatic hydroxyl groups excluding tert-OH is 1. The number of carbonyl (C=O) groups excluding carboxylic acids is 2. The van der Waals surface area contributed by atoms with E-state index in [-0.39, 0.29) is 12.0 Å². The maximum atomic E-state index is 11.6. The second-order valence-electron chi connectivity index (χ2n) is 10.7. The second-order valence-corrected chi connectivity index (χ2v) is 11.9. The fourth-order valence-corrected chi connectivity index (χ4v) is 5.16. The van der Waals surface area contributed by atoms with E-state index in [4.69, 9.17) is 15.6 Å². The number of esters is 1. The van der Waals surface area contributed by atoms with Crippen LogP contribution in [0.1, 0.15) is 197 Å². The largest absolute Gasteiger partial charge is 0.466 e. The Balaban J connectivity index is -0.000000224. The first-order valence-electron chi connectivity index (χ1n) is 19.1. The smallest absolute Gasteiger partial charge is 0.306 e. The molecule has 0 aromatic carbocycles. The van der Waals surface area contributed by atoms with Gasteiger partial charge in [0.25, 0.3) is 0 Å². The van der Waals surface area contributed by atoms with Gasteiger partial charge < -0.3 is 20.4 Å². The third-order valence-electron chi connectivity index (χ3n) is 7.03. The van der Waals surface area contributed by atoms with Crippen LogP contribution in [0.15, 0.2) is 0 Å². The van der Waals surface area contributed by atoms with Crippen LogP contribution in [-0.4, -0.2) is 48.1 Å². The number of nitrogens with two attached hydrogens (primary N) is 1. The zero-order chi connectivity index (χ0) is 34.5. The molecule has 2 atom stereocenters. The average Bonchev–Trinajstić information content (AvgIpc) is 3.07. The van der Waals surface area contributed by atoms with Crippen LogP contribution in [-0.2, 0) is 14.3 Å². The zero-order valence-corrected chi connectivity index (χ0v) is 32.4. The summed E-state index contributed by atoms with van der Waals surface area (Å²) in [5, 5.41) is 8.97. The van der Waals surface area contributed by atoms with Crippen LogP contribution >= 0.6 is 11.8 Å². The number of unbranched alkanes of at least 4 members (excludes halogenated alkanes) is 15. The summed E-state index contributed by atoms with van der Waals surface area (Å²) in [6, 6.07) is -0.375. The van der Waals surface area contributed by atoms with E-state index in [1.54, 1.807) is 11.8 Å². The molecule has 0 radical (unpaired) electrons. The summed E-state index contributed by atoms with van der Waals surface area (Å²) >= 11 is 1.65. The van der Waals surface area contributed by atoms with Gasteiger partial charge in [-0.25, -0.2) is 0 Å². The lowest BCUT2D eigenvalue weighted by Crippen LogP contribution is -2.21. The Labute approximate surface area is 282 Å². The van der Waals surface area contributed by atoms with E-state index in [2.05, 4.69) is 20.8 Å². The number of ether oxygens (including phenoxy) is 1. The van der Waals surface area contributed by atoms with Crippen molar-refractivity contribution in [3.8, 4) is 0 Å². The first kappa shape index (κ1) is 52.9. The Morgan fingerprint density at radius 2 is 1.11 bits per heavy atom. The summed E-state index contributed by atoms with van der Waals surface area (Å²) in [6.07, 6.45) is 26.7. The summed E-state index contributed by atoms with van der Waals surface area (Å²) in [5.41, 5.74) is 5.50. The summed E-state index contributed by atoms with van der Waals surface area (Å²) < 4.78 is 5.24. The van der Waals surface area contributed by atoms with Gasteiger partial charge in [0.15, 0.2) is 0 Å². The van der Waals surface area contributed by atoms with Gasteiger partial charge in [-0.1, -0.05) is 171 Å². The lowest BCUT2D eigenvalue weighted by molar-refractivity contribution is -0.143. The van der Waals surface area contributed by atoms with Crippen molar-refractivity contribution in [2.75, 3.05) is 24.7 Å². The maximum Gasteiger partial charge on any atom is 0.306 e. The topological polar surface area (TPSA) is 89.6 Å². The number of hydrogen-bond donors (Lipinski definition) is 2. The second kappa shape index (κ2) is 54.9. The van der Waals surface area contributed by atoms with Gasteiger partial charge in [0, 0.05) is 12.4 Å². The van der Waals surface area contributed by atoms with E-state index in [1.165, 1.54) is 103 Å². The van der Waals surface area contributed by atoms with Crippen LogP contribution in [0.3, 0.4) is 0 Å². The first-order chi connectivity index (χ1) is 21.5. The highest BCUT2D eigenvalue weighted by Gasteiger charge is 2.05. The number of hydrogen-bond acceptors (Lipinski definition) is 6. The lowest BCUT2D eigenvalue weighted by Gasteiger charge is -2.10. The quantitative estimate of drug-likeness (QED) is 0.0498. The van der Waals surface area contributed by atoms with Crippen LogP contribution in [0.5, 0.6) is 0 Å². The average molecular weight is 650 g/mol. The van der Waals surface area contributed by atoms with Crippen LogP contribution in [0.2, 0.25) is 0 Å². The lowest BCUT2D eigenvalue weighted by atomic mass is 9.99. The Morgan fingerprint density at radius 1 is 0.682 bits per heavy atom. The molecule has 0 amide bonds. The number of rotatable bonds is 28. The summed E-state index contributed by atoms with van der Waals surface area (Å²) in [7, 11) is 0. The SMILES string of the molecule is CC.CC.CC.CCCCCCCCC(CC)CO.CCCCCCCCCCCCCOC(=O)CCSCCC(N)C=O. The molecule has 0 heterocycles. The van der Waals surface area contributed by atoms with Crippen molar-refractivity contribution in [3.63, 3.8) is 0 Å². The van der Waals surface area contributed by atoms with Gasteiger partial charge in [0.2, 0.25) is 0 Å². The van der Waals surface area contributed by atoms with Gasteiger partial charge in [-0.3, -0.25) is 4.79 Å². The molecule has 270 valence electrons. The van der Waals surface area contributed by atoms with Crippen molar-refractivity contribution in [1.82, 2.24) is 0 Å². The molecule has 0 aliphatic carbocycles. The number of thioether (sulfide) groups is 1. The fraction of sp³-hybridized carbons (Fsp3) is 0.947. The fourth-order valence-electron chi connectivity index (χ4n) is 4.21. The van der Waals surface area contributed by atoms with Crippen molar-refractivity contribution in [1.29, 1.82) is 0 Å². The van der Waals surface area contributed by atoms with E-state index in [1.807, 2.05) is 41.5 Å². The van der Waals surface area contributed by atoms with Gasteiger partial charge in [0.05, 0.1) is 19.1 Å². The van der Waals surface area contributed by atoms with Crippen molar-refractivity contribution in [2.24, 2.45) is 11.7 Å². The van der Waals surface area contributed by atoms with Crippen LogP contribution < -0.4 is 5.73 Å². The molecule has 44 heavy (non-hydrogen) atoms. The Bertz CT molecular complexity index is 476. The molecule has 0 aromatic rings. The normalized spacial score (nSPS) is 11.2. The van der Waals surface area contributed by atoms with E-state index in [9.17, 15) is 9.59 Å². The highest BCUT2D eigenvalue weighted by Crippen LogP contribution is 2.14. The number of aldehydes is 1. The molecule has 0 fully saturated rings. The Hall–Kier alpha value is -0.590. The molecule has 3 N–H and O–H groups in total. The minimum Gasteiger partial charge on any atom is -0.466 e. The molecule has 0 aliphatic heterocycles. The molecule has 5 nitrogen and oxygen atoms in total. The van der Waals surface area contributed by atoms with Gasteiger partial charge in [-0.2, -0.15) is 11.8 Å². The molecule has 2 unspecified atom stereocenters. The molecule has 0 aromatic heterocycles. The predicted molar refractivity (Wildman–Crippen MR) is 201 cm³/mol. The molecule has 0 aliphatic rings. The van der Waals surface area contributed by atoms with Crippen molar-refractivity contribution in [3.05, 3.63) is 0 Å². The molecular formula is C38H83NO4S. The number of carbonyl (C=O) groups is 2. The molecule has 6 heteroatoms. The van der Waals surface area contributed by atoms with E-state index in [0.717, 1.165) is 37.1 Å². The van der Waals surface area contributed by atoms with E-state index < -0.39 is 0 Å². The molecule has 0 spiro atoms. The maximum absolute atomic E-state index is 11.6. The minimum absolute atomic E-state index is 0.112. The molecule has 0 saturated heterocycles. The van der Waals surface area contributed by atoms with Crippen LogP contribution in [0.25, 0.3) is 0 Å². The minimum atomic E-state index is -0.375. The molecule has 0 rings (SSSR count). The van der Waals surface area contributed by atoms with Crippen LogP contribution in [0.4, 0.5) is 0 Å². The molecule has 0 saturated carbocycles. The monoisotopic (exact) mass is 650 g/mol. The number of aliphatic hydroxyl groups is 1. The van der Waals surface area contributed by atoms with Crippen molar-refractivity contribution >= 4 is 24.0 Å². The zero-order valence-electron chi connectivity index (χ0n) is 31.6. The summed E-state index contributed by atoms with van der Waals surface area (Å²) in [6.45, 7) is 19.6. The van der Waals surface area contributed by atoms with Gasteiger partial charge in [-0.05, 0) is 30.9 Å². The highest BCUT2D eigenvalue weighted by molar-refractivity contribution is 7.99. The Morgan fingerprint density at radius 3 is 1.52 bits per heavy atom. The summed E-state index contributed by atoms with van der Waals surface area (Å²) in [5.74, 6) is 2.00. The third-order valence-corrected chi connectivity index (χ3v) is 8.05. The van der Waals surface area contributed by atoms with Crippen molar-refractivity contribution < 1.29 is 19.4 Å².